The third-order valence-electron chi connectivity index (χ3n) is 4.74. The van der Waals surface area contributed by atoms with Crippen LogP contribution in [0.2, 0.25) is 0 Å². The van der Waals surface area contributed by atoms with Gasteiger partial charge in [0.1, 0.15) is 0 Å². The van der Waals surface area contributed by atoms with E-state index in [1.807, 2.05) is 0 Å². The monoisotopic (exact) mass is 258 g/mol. The molecule has 19 heavy (non-hydrogen) atoms. The first-order chi connectivity index (χ1) is 9.33. The van der Waals surface area contributed by atoms with Crippen LogP contribution in [0.3, 0.4) is 0 Å². The first-order valence-corrected chi connectivity index (χ1v) is 7.89. The van der Waals surface area contributed by atoms with Crippen molar-refractivity contribution in [2.45, 2.75) is 57.5 Å². The highest BCUT2D eigenvalue weighted by Gasteiger charge is 2.18. The number of nitrogens with zero attached hydrogens (tertiary/aromatic N) is 1. The summed E-state index contributed by atoms with van der Waals surface area (Å²) in [6, 6.07) is 7.80. The van der Waals surface area contributed by atoms with E-state index in [2.05, 4.69) is 35.5 Å². The molecule has 1 N–H and O–H groups in total. The molecule has 1 heterocycles. The average Bonchev–Trinajstić information content (AvgIpc) is 2.48. The van der Waals surface area contributed by atoms with Gasteiger partial charge in [-0.1, -0.05) is 31.4 Å². The van der Waals surface area contributed by atoms with E-state index >= 15 is 0 Å². The summed E-state index contributed by atoms with van der Waals surface area (Å²) in [5, 5.41) is 3.49. The van der Waals surface area contributed by atoms with Gasteiger partial charge in [-0.2, -0.15) is 0 Å². The molecule has 0 bridgehead atoms. The van der Waals surface area contributed by atoms with E-state index in [-0.39, 0.29) is 0 Å². The van der Waals surface area contributed by atoms with Crippen LogP contribution >= 0.6 is 0 Å². The Bertz CT molecular complexity index is 421. The summed E-state index contributed by atoms with van der Waals surface area (Å²) in [4.78, 5) is 2.57. The first kappa shape index (κ1) is 13.0. The van der Waals surface area contributed by atoms with Crippen LogP contribution in [-0.2, 0) is 13.0 Å². The van der Waals surface area contributed by atoms with Crippen LogP contribution in [0.5, 0.6) is 0 Å². The molecule has 1 saturated carbocycles. The predicted molar refractivity (Wildman–Crippen MR) is 81.6 cm³/mol. The summed E-state index contributed by atoms with van der Waals surface area (Å²) in [6.07, 6.45) is 9.57. The summed E-state index contributed by atoms with van der Waals surface area (Å²) < 4.78 is 0. The maximum Gasteiger partial charge on any atom is 0.0372 e. The lowest BCUT2D eigenvalue weighted by Crippen LogP contribution is -2.32. The molecule has 2 nitrogen and oxygen atoms in total. The first-order valence-electron chi connectivity index (χ1n) is 7.89. The molecule has 0 atom stereocenters. The molecule has 0 spiro atoms. The molecular formula is C17H26N2. The van der Waals surface area contributed by atoms with E-state index in [0.717, 1.165) is 19.1 Å². The summed E-state index contributed by atoms with van der Waals surface area (Å²) in [7, 11) is 2.30. The number of fused-ring (bicyclic) bond motifs is 1. The Kier molecular flexibility index (Phi) is 4.07. The molecule has 3 rings (SSSR count). The van der Waals surface area contributed by atoms with Crippen molar-refractivity contribution < 1.29 is 0 Å². The van der Waals surface area contributed by atoms with E-state index in [0.29, 0.717) is 0 Å². The number of anilines is 1. The third kappa shape index (κ3) is 3.11. The van der Waals surface area contributed by atoms with Crippen molar-refractivity contribution in [2.24, 2.45) is 0 Å². The Morgan fingerprint density at radius 2 is 2.00 bits per heavy atom. The molecule has 2 aliphatic rings. The number of aryl methyl sites for hydroxylation is 1. The topological polar surface area (TPSA) is 15.3 Å². The second-order valence-corrected chi connectivity index (χ2v) is 6.23. The molecule has 1 aliphatic heterocycles. The molecule has 104 valence electrons. The number of rotatable bonds is 3. The molecule has 0 saturated heterocycles. The molecule has 0 aromatic heterocycles. The molecule has 1 fully saturated rings. The van der Waals surface area contributed by atoms with Crippen LogP contribution in [-0.4, -0.2) is 24.5 Å². The largest absolute Gasteiger partial charge is 0.385 e. The van der Waals surface area contributed by atoms with Crippen LogP contribution in [0.1, 0.15) is 49.7 Å². The fraction of sp³-hybridized carbons (Fsp3) is 0.647. The van der Waals surface area contributed by atoms with Gasteiger partial charge < -0.3 is 5.32 Å². The highest BCUT2D eigenvalue weighted by molar-refractivity contribution is 5.54. The minimum atomic E-state index is 0.808. The highest BCUT2D eigenvalue weighted by Crippen LogP contribution is 2.26. The molecule has 0 radical (unpaired) electrons. The van der Waals surface area contributed by atoms with Gasteiger partial charge in [0.25, 0.3) is 0 Å². The molecule has 2 heteroatoms. The van der Waals surface area contributed by atoms with Crippen LogP contribution in [0.15, 0.2) is 18.2 Å². The Labute approximate surface area is 117 Å². The SMILES string of the molecule is CN(Cc1ccc2c(c1)CCCN2)C1CCCCC1. The van der Waals surface area contributed by atoms with E-state index < -0.39 is 0 Å². The van der Waals surface area contributed by atoms with Gasteiger partial charge >= 0.3 is 0 Å². The highest BCUT2D eigenvalue weighted by atomic mass is 15.1. The van der Waals surface area contributed by atoms with Crippen LogP contribution in [0, 0.1) is 0 Å². The van der Waals surface area contributed by atoms with E-state index in [9.17, 15) is 0 Å². The summed E-state index contributed by atoms with van der Waals surface area (Å²) in [5.74, 6) is 0. The average molecular weight is 258 g/mol. The van der Waals surface area contributed by atoms with Gasteiger partial charge in [0, 0.05) is 24.8 Å². The summed E-state index contributed by atoms with van der Waals surface area (Å²) >= 11 is 0. The molecule has 1 aromatic carbocycles. The minimum Gasteiger partial charge on any atom is -0.385 e. The zero-order chi connectivity index (χ0) is 13.1. The lowest BCUT2D eigenvalue weighted by Gasteiger charge is -2.31. The van der Waals surface area contributed by atoms with Gasteiger partial charge in [0.05, 0.1) is 0 Å². The Balaban J connectivity index is 1.65. The van der Waals surface area contributed by atoms with Gasteiger partial charge in [-0.15, -0.1) is 0 Å². The number of nitrogens with one attached hydrogen (secondary N) is 1. The van der Waals surface area contributed by atoms with Gasteiger partial charge in [-0.05, 0) is 49.9 Å². The zero-order valence-corrected chi connectivity index (χ0v) is 12.1. The van der Waals surface area contributed by atoms with Crippen molar-refractivity contribution in [3.05, 3.63) is 29.3 Å². The second kappa shape index (κ2) is 5.96. The molecular weight excluding hydrogens is 232 g/mol. The van der Waals surface area contributed by atoms with Gasteiger partial charge in [-0.3, -0.25) is 4.90 Å². The summed E-state index contributed by atoms with van der Waals surface area (Å²) in [5.41, 5.74) is 4.35. The summed E-state index contributed by atoms with van der Waals surface area (Å²) in [6.45, 7) is 2.24. The van der Waals surface area contributed by atoms with Crippen LogP contribution < -0.4 is 5.32 Å². The molecule has 0 amide bonds. The Morgan fingerprint density at radius 3 is 2.84 bits per heavy atom. The van der Waals surface area contributed by atoms with Gasteiger partial charge in [0.15, 0.2) is 0 Å². The van der Waals surface area contributed by atoms with Crippen molar-refractivity contribution in [1.82, 2.24) is 4.90 Å². The fourth-order valence-corrected chi connectivity index (χ4v) is 3.57. The van der Waals surface area contributed by atoms with E-state index in [1.54, 1.807) is 0 Å². The second-order valence-electron chi connectivity index (χ2n) is 6.23. The molecule has 0 unspecified atom stereocenters. The van der Waals surface area contributed by atoms with E-state index in [4.69, 9.17) is 0 Å². The molecule has 1 aromatic rings. The maximum absolute atomic E-state index is 3.49. The fourth-order valence-electron chi connectivity index (χ4n) is 3.57. The van der Waals surface area contributed by atoms with Crippen LogP contribution in [0.25, 0.3) is 0 Å². The van der Waals surface area contributed by atoms with Crippen molar-refractivity contribution >= 4 is 5.69 Å². The Morgan fingerprint density at radius 1 is 1.16 bits per heavy atom. The quantitative estimate of drug-likeness (QED) is 0.887. The standard InChI is InChI=1S/C17H26N2/c1-19(16-7-3-2-4-8-16)13-14-9-10-17-15(12-14)6-5-11-18-17/h9-10,12,16,18H,2-8,11,13H2,1H3. The van der Waals surface area contributed by atoms with Crippen LogP contribution in [0.4, 0.5) is 5.69 Å². The number of benzene rings is 1. The lowest BCUT2D eigenvalue weighted by atomic mass is 9.94. The van der Waals surface area contributed by atoms with Gasteiger partial charge in [-0.25, -0.2) is 0 Å². The smallest absolute Gasteiger partial charge is 0.0372 e. The van der Waals surface area contributed by atoms with Gasteiger partial charge in [0.2, 0.25) is 0 Å². The maximum atomic E-state index is 3.49. The lowest BCUT2D eigenvalue weighted by molar-refractivity contribution is 0.184. The molecule has 1 aliphatic carbocycles. The van der Waals surface area contributed by atoms with Crippen molar-refractivity contribution in [1.29, 1.82) is 0 Å². The zero-order valence-electron chi connectivity index (χ0n) is 12.1. The third-order valence-corrected chi connectivity index (χ3v) is 4.74. The van der Waals surface area contributed by atoms with E-state index in [1.165, 1.54) is 61.8 Å². The van der Waals surface area contributed by atoms with Crippen molar-refractivity contribution in [3.63, 3.8) is 0 Å². The normalized spacial score (nSPS) is 20.1. The number of hydrogen-bond donors (Lipinski definition) is 1. The minimum absolute atomic E-state index is 0.808. The predicted octanol–water partition coefficient (Wildman–Crippen LogP) is 3.81. The number of hydrogen-bond acceptors (Lipinski definition) is 2. The van der Waals surface area contributed by atoms with Crippen molar-refractivity contribution in [3.8, 4) is 0 Å². The Hall–Kier alpha value is -1.02. The van der Waals surface area contributed by atoms with Crippen molar-refractivity contribution in [2.75, 3.05) is 18.9 Å².